The molecule has 0 radical (unpaired) electrons. The van der Waals surface area contributed by atoms with Crippen LogP contribution in [0.15, 0.2) is 48.7 Å². The van der Waals surface area contributed by atoms with E-state index in [0.717, 1.165) is 41.7 Å². The minimum absolute atomic E-state index is 0.198. The highest BCUT2D eigenvalue weighted by atomic mass is 16.5. The molecule has 2 aromatic carbocycles. The van der Waals surface area contributed by atoms with E-state index in [1.807, 2.05) is 81.5 Å². The van der Waals surface area contributed by atoms with E-state index in [2.05, 4.69) is 25.4 Å². The number of nitrogens with one attached hydrogen (secondary N) is 3. The number of H-pyrrole nitrogens is 1. The first-order valence-electron chi connectivity index (χ1n) is 14.9. The molecule has 0 spiro atoms. The number of aromatic amines is 1. The lowest BCUT2D eigenvalue weighted by atomic mass is 9.91. The molecule has 1 saturated carbocycles. The molecule has 1 aliphatic heterocycles. The zero-order valence-corrected chi connectivity index (χ0v) is 24.8. The van der Waals surface area contributed by atoms with Crippen LogP contribution < -0.4 is 15.4 Å². The summed E-state index contributed by atoms with van der Waals surface area (Å²) in [7, 11) is 4.02. The van der Waals surface area contributed by atoms with E-state index >= 15 is 0 Å². The number of fused-ring (bicyclic) bond motifs is 1. The number of rotatable bonds is 10. The molecule has 0 unspecified atom stereocenters. The number of anilines is 1. The van der Waals surface area contributed by atoms with Crippen LogP contribution in [0.3, 0.4) is 0 Å². The lowest BCUT2D eigenvalue weighted by Gasteiger charge is -2.43. The van der Waals surface area contributed by atoms with Crippen molar-refractivity contribution in [3.8, 4) is 5.75 Å². The zero-order chi connectivity index (χ0) is 28.9. The molecular formula is C32H44N6O3. The number of benzene rings is 2. The van der Waals surface area contributed by atoms with E-state index in [4.69, 9.17) is 4.74 Å². The topological polar surface area (TPSA) is 92.9 Å². The Bertz CT molecular complexity index is 1340. The van der Waals surface area contributed by atoms with Crippen molar-refractivity contribution in [1.82, 2.24) is 25.0 Å². The fourth-order valence-corrected chi connectivity index (χ4v) is 5.96. The summed E-state index contributed by atoms with van der Waals surface area (Å²) in [4.78, 5) is 37.4. The minimum Gasteiger partial charge on any atom is -0.492 e. The summed E-state index contributed by atoms with van der Waals surface area (Å²) in [6.07, 6.45) is 5.77. The van der Waals surface area contributed by atoms with Crippen LogP contribution in [0.25, 0.3) is 10.9 Å². The Morgan fingerprint density at radius 2 is 1.85 bits per heavy atom. The predicted octanol–water partition coefficient (Wildman–Crippen LogP) is 4.62. The summed E-state index contributed by atoms with van der Waals surface area (Å²) in [5.74, 6) is 0.0550. The maximum atomic E-state index is 14.1. The molecule has 41 heavy (non-hydrogen) atoms. The normalized spacial score (nSPS) is 17.7. The molecular weight excluding hydrogens is 516 g/mol. The van der Waals surface area contributed by atoms with Crippen molar-refractivity contribution in [3.63, 3.8) is 0 Å². The van der Waals surface area contributed by atoms with Crippen LogP contribution in [-0.2, 0) is 11.3 Å². The molecule has 1 aliphatic carbocycles. The van der Waals surface area contributed by atoms with Gasteiger partial charge in [-0.3, -0.25) is 9.69 Å². The minimum atomic E-state index is -0.793. The molecule has 1 saturated heterocycles. The molecule has 5 rings (SSSR count). The van der Waals surface area contributed by atoms with Gasteiger partial charge in [-0.15, -0.1) is 0 Å². The van der Waals surface area contributed by atoms with Gasteiger partial charge in [0.2, 0.25) is 5.91 Å². The fourth-order valence-electron chi connectivity index (χ4n) is 5.96. The number of hydrogen-bond donors (Lipinski definition) is 3. The molecule has 3 amide bonds. The molecule has 2 atom stereocenters. The molecule has 3 aromatic rings. The van der Waals surface area contributed by atoms with Crippen molar-refractivity contribution in [2.45, 2.75) is 57.7 Å². The standard InChI is InChI=1S/C32H44N6O3/c1-5-41-29-14-13-23(21-36(3)4)19-28(29)34-31(39)30(22(2)26-20-33-27-12-7-6-11-25(26)27)35-32(40)38-17-15-37(16-18-38)24-9-8-10-24/h6-7,11-14,19-20,22,24,30,33H,5,8-10,15-18,21H2,1-4H3,(H,34,39)(H,35,40)/t22-,30+/m0/s1. The van der Waals surface area contributed by atoms with Crippen LogP contribution in [0, 0.1) is 0 Å². The monoisotopic (exact) mass is 560 g/mol. The van der Waals surface area contributed by atoms with Gasteiger partial charge >= 0.3 is 6.03 Å². The number of nitrogens with zero attached hydrogens (tertiary/aromatic N) is 3. The number of urea groups is 1. The van der Waals surface area contributed by atoms with Crippen LogP contribution in [-0.4, -0.2) is 90.6 Å². The van der Waals surface area contributed by atoms with Crippen LogP contribution in [0.1, 0.15) is 50.2 Å². The van der Waals surface area contributed by atoms with Gasteiger partial charge in [0.25, 0.3) is 0 Å². The SMILES string of the molecule is CCOc1ccc(CN(C)C)cc1NC(=O)[C@H](NC(=O)N1CCN(C2CCC2)CC1)[C@@H](C)c1c[nH]c2ccccc12. The highest BCUT2D eigenvalue weighted by molar-refractivity contribution is 5.99. The average Bonchev–Trinajstić information content (AvgIpc) is 3.36. The van der Waals surface area contributed by atoms with Crippen molar-refractivity contribution in [3.05, 3.63) is 59.8 Å². The number of ether oxygens (including phenoxy) is 1. The van der Waals surface area contributed by atoms with Crippen molar-refractivity contribution in [2.75, 3.05) is 52.2 Å². The Hall–Kier alpha value is -3.56. The Labute approximate surface area is 243 Å². The summed E-state index contributed by atoms with van der Waals surface area (Å²) in [6, 6.07) is 13.6. The second-order valence-electron chi connectivity index (χ2n) is 11.6. The first kappa shape index (κ1) is 29.0. The van der Waals surface area contributed by atoms with Gasteiger partial charge < -0.3 is 30.2 Å². The van der Waals surface area contributed by atoms with Crippen LogP contribution in [0.4, 0.5) is 10.5 Å². The highest BCUT2D eigenvalue weighted by Crippen LogP contribution is 2.31. The molecule has 0 bridgehead atoms. The Morgan fingerprint density at radius 3 is 2.54 bits per heavy atom. The molecule has 3 N–H and O–H groups in total. The number of piperazine rings is 1. The third-order valence-electron chi connectivity index (χ3n) is 8.47. The number of para-hydroxylation sites is 1. The highest BCUT2D eigenvalue weighted by Gasteiger charge is 2.34. The molecule has 2 fully saturated rings. The Kier molecular flexibility index (Phi) is 9.15. The van der Waals surface area contributed by atoms with Crippen LogP contribution in [0.2, 0.25) is 0 Å². The predicted molar refractivity (Wildman–Crippen MR) is 163 cm³/mol. The molecule has 2 heterocycles. The number of hydrogen-bond acceptors (Lipinski definition) is 5. The van der Waals surface area contributed by atoms with E-state index in [1.54, 1.807) is 0 Å². The number of aromatic nitrogens is 1. The van der Waals surface area contributed by atoms with Gasteiger partial charge in [-0.25, -0.2) is 4.79 Å². The fraction of sp³-hybridized carbons (Fsp3) is 0.500. The maximum absolute atomic E-state index is 14.1. The Balaban J connectivity index is 1.38. The van der Waals surface area contributed by atoms with Gasteiger partial charge in [0.15, 0.2) is 0 Å². The second kappa shape index (κ2) is 13.0. The summed E-state index contributed by atoms with van der Waals surface area (Å²) in [5.41, 5.74) is 3.66. The van der Waals surface area contributed by atoms with Gasteiger partial charge in [-0.2, -0.15) is 0 Å². The van der Waals surface area contributed by atoms with Crippen LogP contribution >= 0.6 is 0 Å². The second-order valence-corrected chi connectivity index (χ2v) is 11.6. The summed E-state index contributed by atoms with van der Waals surface area (Å²) in [5, 5.41) is 7.28. The molecule has 220 valence electrons. The van der Waals surface area contributed by atoms with E-state index in [0.29, 0.717) is 37.2 Å². The maximum Gasteiger partial charge on any atom is 0.318 e. The first-order valence-corrected chi connectivity index (χ1v) is 14.9. The van der Waals surface area contributed by atoms with Crippen molar-refractivity contribution >= 4 is 28.5 Å². The van der Waals surface area contributed by atoms with Crippen molar-refractivity contribution in [1.29, 1.82) is 0 Å². The van der Waals surface area contributed by atoms with Crippen molar-refractivity contribution < 1.29 is 14.3 Å². The molecule has 9 heteroatoms. The lowest BCUT2D eigenvalue weighted by Crippen LogP contribution is -2.58. The van der Waals surface area contributed by atoms with Gasteiger partial charge in [-0.1, -0.05) is 37.6 Å². The van der Waals surface area contributed by atoms with E-state index in [-0.39, 0.29) is 17.9 Å². The van der Waals surface area contributed by atoms with Crippen molar-refractivity contribution in [2.24, 2.45) is 0 Å². The van der Waals surface area contributed by atoms with Gasteiger partial charge in [-0.05, 0) is 63.2 Å². The van der Waals surface area contributed by atoms with E-state index in [1.165, 1.54) is 19.3 Å². The smallest absolute Gasteiger partial charge is 0.318 e. The number of carbonyl (C=O) groups is 2. The van der Waals surface area contributed by atoms with Crippen LogP contribution in [0.5, 0.6) is 5.75 Å². The largest absolute Gasteiger partial charge is 0.492 e. The van der Waals surface area contributed by atoms with E-state index < -0.39 is 6.04 Å². The number of amides is 3. The van der Waals surface area contributed by atoms with E-state index in [9.17, 15) is 9.59 Å². The molecule has 2 aliphatic rings. The summed E-state index contributed by atoms with van der Waals surface area (Å²) < 4.78 is 5.85. The summed E-state index contributed by atoms with van der Waals surface area (Å²) in [6.45, 7) is 8.22. The van der Waals surface area contributed by atoms with Gasteiger partial charge in [0.05, 0.1) is 12.3 Å². The molecule has 9 nitrogen and oxygen atoms in total. The van der Waals surface area contributed by atoms with Gasteiger partial charge in [0.1, 0.15) is 11.8 Å². The summed E-state index contributed by atoms with van der Waals surface area (Å²) >= 11 is 0. The Morgan fingerprint density at radius 1 is 1.10 bits per heavy atom. The lowest BCUT2D eigenvalue weighted by molar-refractivity contribution is -0.118. The molecule has 1 aromatic heterocycles. The average molecular weight is 561 g/mol. The quantitative estimate of drug-likeness (QED) is 0.337. The van der Waals surface area contributed by atoms with Gasteiger partial charge in [0, 0.05) is 61.8 Å². The zero-order valence-electron chi connectivity index (χ0n) is 24.8. The number of carbonyl (C=O) groups excluding carboxylic acids is 2. The third-order valence-corrected chi connectivity index (χ3v) is 8.47. The first-order chi connectivity index (χ1) is 19.8. The third kappa shape index (κ3) is 6.68.